The van der Waals surface area contributed by atoms with Crippen molar-refractivity contribution in [1.82, 2.24) is 10.2 Å². The fourth-order valence-corrected chi connectivity index (χ4v) is 3.73. The van der Waals surface area contributed by atoms with E-state index in [4.69, 9.17) is 4.74 Å². The van der Waals surface area contributed by atoms with E-state index in [1.165, 1.54) is 0 Å². The van der Waals surface area contributed by atoms with Gasteiger partial charge >= 0.3 is 6.09 Å². The molecular weight excluding hydrogens is 366 g/mol. The van der Waals surface area contributed by atoms with Crippen molar-refractivity contribution in [1.29, 1.82) is 0 Å². The van der Waals surface area contributed by atoms with Crippen molar-refractivity contribution in [2.24, 2.45) is 0 Å². The van der Waals surface area contributed by atoms with Crippen molar-refractivity contribution in [2.75, 3.05) is 31.1 Å². The minimum Gasteiger partial charge on any atom is -0.444 e. The van der Waals surface area contributed by atoms with E-state index in [2.05, 4.69) is 40.5 Å². The van der Waals surface area contributed by atoms with E-state index >= 15 is 0 Å². The van der Waals surface area contributed by atoms with Crippen molar-refractivity contribution in [2.45, 2.75) is 32.9 Å². The number of benzene rings is 2. The Morgan fingerprint density at radius 2 is 1.62 bits per heavy atom. The van der Waals surface area contributed by atoms with E-state index in [1.807, 2.05) is 32.9 Å². The predicted molar refractivity (Wildman–Crippen MR) is 113 cm³/mol. The van der Waals surface area contributed by atoms with Crippen LogP contribution in [-0.4, -0.2) is 48.7 Å². The molecule has 0 bridgehead atoms. The summed E-state index contributed by atoms with van der Waals surface area (Å²) in [6.07, 6.45) is -0.242. The Morgan fingerprint density at radius 1 is 0.966 bits per heavy atom. The molecule has 29 heavy (non-hydrogen) atoms. The maximum atomic E-state index is 12.2. The molecule has 2 aliphatic rings. The van der Waals surface area contributed by atoms with Crippen LogP contribution in [0.25, 0.3) is 11.1 Å². The first-order valence-corrected chi connectivity index (χ1v) is 10.0. The number of ether oxygens (including phenoxy) is 1. The van der Waals surface area contributed by atoms with Crippen LogP contribution < -0.4 is 10.2 Å². The van der Waals surface area contributed by atoms with E-state index in [1.54, 1.807) is 4.90 Å². The molecule has 0 saturated carbocycles. The number of hydrogen-bond acceptors (Lipinski definition) is 4. The third-order valence-corrected chi connectivity index (χ3v) is 5.29. The van der Waals surface area contributed by atoms with Crippen LogP contribution in [0.3, 0.4) is 0 Å². The minimum atomic E-state index is -0.470. The van der Waals surface area contributed by atoms with Crippen molar-refractivity contribution in [3.8, 4) is 11.1 Å². The molecule has 0 radical (unpaired) electrons. The molecule has 1 saturated heterocycles. The number of fused-ring (bicyclic) bond motifs is 1. The van der Waals surface area contributed by atoms with Crippen LogP contribution >= 0.6 is 0 Å². The summed E-state index contributed by atoms with van der Waals surface area (Å²) < 4.78 is 5.46. The van der Waals surface area contributed by atoms with Gasteiger partial charge in [0.25, 0.3) is 5.91 Å². The molecule has 2 aliphatic heterocycles. The number of amides is 2. The van der Waals surface area contributed by atoms with Crippen LogP contribution in [-0.2, 0) is 11.3 Å². The Bertz CT molecular complexity index is 923. The van der Waals surface area contributed by atoms with Gasteiger partial charge in [-0.2, -0.15) is 0 Å². The zero-order valence-corrected chi connectivity index (χ0v) is 17.2. The Balaban J connectivity index is 1.40. The second-order valence-corrected chi connectivity index (χ2v) is 8.56. The molecule has 2 heterocycles. The number of anilines is 1. The summed E-state index contributed by atoms with van der Waals surface area (Å²) in [4.78, 5) is 28.2. The van der Waals surface area contributed by atoms with Gasteiger partial charge in [-0.1, -0.05) is 24.3 Å². The number of carbonyl (C=O) groups is 2. The molecule has 4 rings (SSSR count). The summed E-state index contributed by atoms with van der Waals surface area (Å²) >= 11 is 0. The lowest BCUT2D eigenvalue weighted by molar-refractivity contribution is 0.0240. The second-order valence-electron chi connectivity index (χ2n) is 8.56. The maximum absolute atomic E-state index is 12.2. The summed E-state index contributed by atoms with van der Waals surface area (Å²) in [5.41, 5.74) is 4.62. The fourth-order valence-electron chi connectivity index (χ4n) is 3.73. The lowest BCUT2D eigenvalue weighted by Gasteiger charge is -2.36. The lowest BCUT2D eigenvalue weighted by Crippen LogP contribution is -2.50. The van der Waals surface area contributed by atoms with Gasteiger partial charge in [0.1, 0.15) is 5.60 Å². The largest absolute Gasteiger partial charge is 0.444 e. The van der Waals surface area contributed by atoms with Gasteiger partial charge in [-0.3, -0.25) is 4.79 Å². The molecule has 0 unspecified atom stereocenters. The molecule has 0 aliphatic carbocycles. The van der Waals surface area contributed by atoms with E-state index < -0.39 is 5.60 Å². The molecule has 0 spiro atoms. The summed E-state index contributed by atoms with van der Waals surface area (Å²) in [5.74, 6) is 0.00123. The first-order valence-electron chi connectivity index (χ1n) is 10.0. The van der Waals surface area contributed by atoms with Crippen LogP contribution in [0.1, 0.15) is 36.7 Å². The average molecular weight is 393 g/mol. The van der Waals surface area contributed by atoms with Crippen molar-refractivity contribution < 1.29 is 14.3 Å². The van der Waals surface area contributed by atoms with Crippen LogP contribution in [0, 0.1) is 0 Å². The summed E-state index contributed by atoms with van der Waals surface area (Å²) in [6.45, 7) is 9.12. The summed E-state index contributed by atoms with van der Waals surface area (Å²) in [6, 6.07) is 14.4. The molecule has 152 valence electrons. The highest BCUT2D eigenvalue weighted by Crippen LogP contribution is 2.27. The summed E-state index contributed by atoms with van der Waals surface area (Å²) in [5, 5.41) is 2.86. The lowest BCUT2D eigenvalue weighted by atomic mass is 10.00. The monoisotopic (exact) mass is 393 g/mol. The number of carbonyl (C=O) groups excluding carboxylic acids is 2. The standard InChI is InChI=1S/C23H27N3O3/c1-23(2,3)29-22(28)26-12-10-25(11-13-26)19-8-6-16(7-9-19)17-4-5-18-15-24-21(27)20(18)14-17/h4-9,14H,10-13,15H2,1-3H3,(H,24,27). The highest BCUT2D eigenvalue weighted by Gasteiger charge is 2.26. The zero-order valence-electron chi connectivity index (χ0n) is 17.2. The Labute approximate surface area is 171 Å². The zero-order chi connectivity index (χ0) is 20.6. The third kappa shape index (κ3) is 4.21. The van der Waals surface area contributed by atoms with Gasteiger partial charge in [-0.25, -0.2) is 4.79 Å². The van der Waals surface area contributed by atoms with Crippen LogP contribution in [0.4, 0.5) is 10.5 Å². The molecular formula is C23H27N3O3. The number of rotatable bonds is 2. The highest BCUT2D eigenvalue weighted by atomic mass is 16.6. The second kappa shape index (κ2) is 7.43. The molecule has 1 fully saturated rings. The van der Waals surface area contributed by atoms with Gasteiger partial charge in [-0.15, -0.1) is 0 Å². The number of hydrogen-bond donors (Lipinski definition) is 1. The van der Waals surface area contributed by atoms with E-state index in [0.29, 0.717) is 19.6 Å². The quantitative estimate of drug-likeness (QED) is 0.846. The van der Waals surface area contributed by atoms with Crippen molar-refractivity contribution >= 4 is 17.7 Å². The Morgan fingerprint density at radius 3 is 2.28 bits per heavy atom. The van der Waals surface area contributed by atoms with Gasteiger partial charge in [0.15, 0.2) is 0 Å². The highest BCUT2D eigenvalue weighted by molar-refractivity contribution is 5.99. The minimum absolute atomic E-state index is 0.00123. The number of nitrogens with zero attached hydrogens (tertiary/aromatic N) is 2. The maximum Gasteiger partial charge on any atom is 0.410 e. The van der Waals surface area contributed by atoms with Crippen LogP contribution in [0.15, 0.2) is 42.5 Å². The van der Waals surface area contributed by atoms with Crippen molar-refractivity contribution in [3.63, 3.8) is 0 Å². The van der Waals surface area contributed by atoms with Crippen LogP contribution in [0.5, 0.6) is 0 Å². The number of piperazine rings is 1. The molecule has 2 amide bonds. The fraction of sp³-hybridized carbons (Fsp3) is 0.391. The third-order valence-electron chi connectivity index (χ3n) is 5.29. The van der Waals surface area contributed by atoms with Gasteiger partial charge in [-0.05, 0) is 55.7 Å². The average Bonchev–Trinajstić information content (AvgIpc) is 3.07. The van der Waals surface area contributed by atoms with Crippen molar-refractivity contribution in [3.05, 3.63) is 53.6 Å². The smallest absolute Gasteiger partial charge is 0.410 e. The van der Waals surface area contributed by atoms with E-state index in [0.717, 1.165) is 41.0 Å². The van der Waals surface area contributed by atoms with E-state index in [-0.39, 0.29) is 12.0 Å². The molecule has 2 aromatic carbocycles. The van der Waals surface area contributed by atoms with E-state index in [9.17, 15) is 9.59 Å². The van der Waals surface area contributed by atoms with Gasteiger partial charge in [0.2, 0.25) is 0 Å². The van der Waals surface area contributed by atoms with Crippen LogP contribution in [0.2, 0.25) is 0 Å². The first kappa shape index (κ1) is 19.3. The van der Waals surface area contributed by atoms with Gasteiger partial charge in [0, 0.05) is 44.0 Å². The SMILES string of the molecule is CC(C)(C)OC(=O)N1CCN(c2ccc(-c3ccc4c(c3)C(=O)NC4)cc2)CC1. The topological polar surface area (TPSA) is 61.9 Å². The number of nitrogens with one attached hydrogen (secondary N) is 1. The Hall–Kier alpha value is -3.02. The first-order chi connectivity index (χ1) is 13.8. The molecule has 6 heteroatoms. The molecule has 0 atom stereocenters. The normalized spacial score (nSPS) is 16.4. The summed E-state index contributed by atoms with van der Waals surface area (Å²) in [7, 11) is 0. The molecule has 1 N–H and O–H groups in total. The van der Waals surface area contributed by atoms with Gasteiger partial charge in [0.05, 0.1) is 0 Å². The molecule has 2 aromatic rings. The molecule has 0 aromatic heterocycles. The van der Waals surface area contributed by atoms with Gasteiger partial charge < -0.3 is 19.9 Å². The predicted octanol–water partition coefficient (Wildman–Crippen LogP) is 3.65. The Kier molecular flexibility index (Phi) is 4.94. The molecule has 6 nitrogen and oxygen atoms in total.